The van der Waals surface area contributed by atoms with Gasteiger partial charge in [0.15, 0.2) is 0 Å². The van der Waals surface area contributed by atoms with Gasteiger partial charge < -0.3 is 14.0 Å². The first-order chi connectivity index (χ1) is 28.1. The number of ether oxygens (including phenoxy) is 2. The van der Waals surface area contributed by atoms with E-state index in [0.717, 1.165) is 37.6 Å². The van der Waals surface area contributed by atoms with E-state index >= 15 is 0 Å². The Morgan fingerprint density at radius 3 is 1.56 bits per heavy atom. The molecule has 0 amide bonds. The van der Waals surface area contributed by atoms with Gasteiger partial charge in [0, 0.05) is 16.5 Å². The average molecular weight is 758 g/mol. The van der Waals surface area contributed by atoms with Gasteiger partial charge in [-0.25, -0.2) is 0 Å². The second-order valence-corrected chi connectivity index (χ2v) is 16.3. The Balaban J connectivity index is 0.749. The van der Waals surface area contributed by atoms with Crippen LogP contribution >= 0.6 is 0 Å². The second-order valence-electron chi connectivity index (χ2n) is 16.3. The number of aryl methyl sites for hydroxylation is 3. The molecule has 3 nitrogen and oxygen atoms in total. The van der Waals surface area contributed by atoms with E-state index in [1.165, 1.54) is 150 Å². The zero-order valence-corrected chi connectivity index (χ0v) is 34.8. The van der Waals surface area contributed by atoms with Crippen molar-refractivity contribution in [3.05, 3.63) is 138 Å². The van der Waals surface area contributed by atoms with Crippen LogP contribution in [0, 0.1) is 13.8 Å². The molecule has 0 N–H and O–H groups in total. The number of nitrogens with zero attached hydrogens (tertiary/aromatic N) is 1. The van der Waals surface area contributed by atoms with Crippen LogP contribution in [0.1, 0.15) is 114 Å². The van der Waals surface area contributed by atoms with Crippen LogP contribution in [-0.2, 0) is 6.42 Å². The van der Waals surface area contributed by atoms with Gasteiger partial charge in [0.25, 0.3) is 0 Å². The number of rotatable bonds is 22. The Morgan fingerprint density at radius 1 is 0.421 bits per heavy atom. The van der Waals surface area contributed by atoms with Gasteiger partial charge in [-0.2, -0.15) is 0 Å². The van der Waals surface area contributed by atoms with Gasteiger partial charge in [-0.1, -0.05) is 143 Å². The van der Waals surface area contributed by atoms with Crippen molar-refractivity contribution in [2.45, 2.75) is 117 Å². The summed E-state index contributed by atoms with van der Waals surface area (Å²) in [5.74, 6) is 1.92. The lowest BCUT2D eigenvalue weighted by Crippen LogP contribution is -1.99. The van der Waals surface area contributed by atoms with E-state index < -0.39 is 0 Å². The quantitative estimate of drug-likeness (QED) is 0.0643. The van der Waals surface area contributed by atoms with Crippen LogP contribution in [0.25, 0.3) is 49.4 Å². The number of benzene rings is 6. The Kier molecular flexibility index (Phi) is 14.4. The molecule has 0 aliphatic rings. The standard InChI is InChI=1S/C54H63NO2/c1-4-5-6-7-12-15-18-43-21-23-44(24-22-43)45-25-26-47-40-50(30-27-46(47)39-45)57-36-17-14-11-9-8-10-13-16-35-56-49-31-28-48(29-32-49)55-53-33-19-41(2)37-51(53)52-38-42(3)20-34-54(52)55/h19-34,37-40H,4-18,35-36H2,1-3H3. The fourth-order valence-electron chi connectivity index (χ4n) is 8.33. The molecule has 3 heteroatoms. The molecule has 1 aromatic heterocycles. The minimum Gasteiger partial charge on any atom is -0.494 e. The molecule has 0 radical (unpaired) electrons. The average Bonchev–Trinajstić information content (AvgIpc) is 3.55. The largest absolute Gasteiger partial charge is 0.494 e. The number of fused-ring (bicyclic) bond motifs is 4. The summed E-state index contributed by atoms with van der Waals surface area (Å²) < 4.78 is 14.7. The molecule has 0 spiro atoms. The van der Waals surface area contributed by atoms with Gasteiger partial charge in [0.1, 0.15) is 11.5 Å². The van der Waals surface area contributed by atoms with Crippen molar-refractivity contribution in [1.29, 1.82) is 0 Å². The van der Waals surface area contributed by atoms with Crippen molar-refractivity contribution < 1.29 is 9.47 Å². The Hall–Kier alpha value is -5.02. The van der Waals surface area contributed by atoms with Crippen LogP contribution in [0.5, 0.6) is 11.5 Å². The van der Waals surface area contributed by atoms with Crippen molar-refractivity contribution in [2.24, 2.45) is 0 Å². The zero-order chi connectivity index (χ0) is 39.2. The minimum absolute atomic E-state index is 0.772. The lowest BCUT2D eigenvalue weighted by molar-refractivity contribution is 0.301. The first kappa shape index (κ1) is 40.2. The normalized spacial score (nSPS) is 11.6. The molecule has 0 fully saturated rings. The molecule has 0 saturated carbocycles. The molecule has 7 aromatic rings. The molecule has 1 heterocycles. The van der Waals surface area contributed by atoms with Crippen molar-refractivity contribution >= 4 is 32.6 Å². The van der Waals surface area contributed by atoms with Crippen LogP contribution in [0.4, 0.5) is 0 Å². The number of aromatic nitrogens is 1. The van der Waals surface area contributed by atoms with Crippen molar-refractivity contribution in [3.63, 3.8) is 0 Å². The molecular weight excluding hydrogens is 695 g/mol. The van der Waals surface area contributed by atoms with Crippen molar-refractivity contribution in [1.82, 2.24) is 4.57 Å². The third-order valence-corrected chi connectivity index (χ3v) is 11.7. The number of hydrogen-bond donors (Lipinski definition) is 0. The highest BCUT2D eigenvalue weighted by atomic mass is 16.5. The lowest BCUT2D eigenvalue weighted by atomic mass is 9.98. The maximum absolute atomic E-state index is 6.16. The monoisotopic (exact) mass is 757 g/mol. The zero-order valence-electron chi connectivity index (χ0n) is 34.8. The van der Waals surface area contributed by atoms with Gasteiger partial charge in [-0.3, -0.25) is 0 Å². The van der Waals surface area contributed by atoms with E-state index in [4.69, 9.17) is 9.47 Å². The highest BCUT2D eigenvalue weighted by Gasteiger charge is 2.13. The molecule has 6 aromatic carbocycles. The molecule has 0 unspecified atom stereocenters. The summed E-state index contributed by atoms with van der Waals surface area (Å²) in [5.41, 5.74) is 10.2. The molecule has 0 saturated heterocycles. The van der Waals surface area contributed by atoms with E-state index in [1.807, 2.05) is 0 Å². The summed E-state index contributed by atoms with van der Waals surface area (Å²) in [6.45, 7) is 8.17. The first-order valence-electron chi connectivity index (χ1n) is 22.1. The minimum atomic E-state index is 0.772. The van der Waals surface area contributed by atoms with Crippen molar-refractivity contribution in [3.8, 4) is 28.3 Å². The third kappa shape index (κ3) is 10.9. The predicted octanol–water partition coefficient (Wildman–Crippen LogP) is 15.7. The smallest absolute Gasteiger partial charge is 0.119 e. The summed E-state index contributed by atoms with van der Waals surface area (Å²) in [5, 5.41) is 5.12. The Labute approximate surface area is 342 Å². The first-order valence-corrected chi connectivity index (χ1v) is 22.1. The van der Waals surface area contributed by atoms with Crippen LogP contribution < -0.4 is 9.47 Å². The Bertz CT molecular complexity index is 2260. The maximum Gasteiger partial charge on any atom is 0.119 e. The van der Waals surface area contributed by atoms with E-state index in [2.05, 4.69) is 147 Å². The maximum atomic E-state index is 6.16. The van der Waals surface area contributed by atoms with Crippen LogP contribution in [-0.4, -0.2) is 17.8 Å². The lowest BCUT2D eigenvalue weighted by Gasteiger charge is -2.10. The van der Waals surface area contributed by atoms with Gasteiger partial charge in [0.05, 0.1) is 24.2 Å². The molecule has 0 bridgehead atoms. The number of unbranched alkanes of at least 4 members (excludes halogenated alkanes) is 12. The van der Waals surface area contributed by atoms with Gasteiger partial charge in [0.2, 0.25) is 0 Å². The SMILES string of the molecule is CCCCCCCCc1ccc(-c2ccc3cc(OCCCCCCCCCCOc4ccc(-n5c6ccc(C)cc6c6cc(C)ccc65)cc4)ccc3c2)cc1. The highest BCUT2D eigenvalue weighted by molar-refractivity contribution is 6.09. The second kappa shape index (κ2) is 20.4. The summed E-state index contributed by atoms with van der Waals surface area (Å²) in [6, 6.07) is 44.6. The van der Waals surface area contributed by atoms with Gasteiger partial charge >= 0.3 is 0 Å². The number of hydrogen-bond acceptors (Lipinski definition) is 2. The van der Waals surface area contributed by atoms with E-state index in [-0.39, 0.29) is 0 Å². The van der Waals surface area contributed by atoms with Gasteiger partial charge in [-0.15, -0.1) is 0 Å². The van der Waals surface area contributed by atoms with E-state index in [9.17, 15) is 0 Å². The van der Waals surface area contributed by atoms with Crippen molar-refractivity contribution in [2.75, 3.05) is 13.2 Å². The predicted molar refractivity (Wildman–Crippen MR) is 245 cm³/mol. The molecule has 0 atom stereocenters. The molecule has 7 rings (SSSR count). The van der Waals surface area contributed by atoms with E-state index in [0.29, 0.717) is 0 Å². The Morgan fingerprint density at radius 2 is 0.930 bits per heavy atom. The fourth-order valence-corrected chi connectivity index (χ4v) is 8.33. The molecule has 0 aliphatic heterocycles. The molecular formula is C54H63NO2. The molecule has 57 heavy (non-hydrogen) atoms. The molecule has 296 valence electrons. The van der Waals surface area contributed by atoms with Gasteiger partial charge in [-0.05, 0) is 134 Å². The summed E-state index contributed by atoms with van der Waals surface area (Å²) in [4.78, 5) is 0. The van der Waals surface area contributed by atoms with Crippen LogP contribution in [0.3, 0.4) is 0 Å². The van der Waals surface area contributed by atoms with E-state index in [1.54, 1.807) is 0 Å². The fraction of sp³-hybridized carbons (Fsp3) is 0.370. The topological polar surface area (TPSA) is 23.4 Å². The third-order valence-electron chi connectivity index (χ3n) is 11.7. The van der Waals surface area contributed by atoms with Crippen LogP contribution in [0.2, 0.25) is 0 Å². The van der Waals surface area contributed by atoms with Crippen LogP contribution in [0.15, 0.2) is 121 Å². The highest BCUT2D eigenvalue weighted by Crippen LogP contribution is 2.34. The summed E-state index contributed by atoms with van der Waals surface area (Å²) >= 11 is 0. The molecule has 0 aliphatic carbocycles. The summed E-state index contributed by atoms with van der Waals surface area (Å²) in [7, 11) is 0. The summed E-state index contributed by atoms with van der Waals surface area (Å²) in [6.07, 6.45) is 19.1.